The van der Waals surface area contributed by atoms with Gasteiger partial charge in [0.15, 0.2) is 12.2 Å². The molecule has 2 aromatic rings. The van der Waals surface area contributed by atoms with Crippen LogP contribution in [0.15, 0.2) is 29.0 Å². The second-order valence-corrected chi connectivity index (χ2v) is 4.16. The third kappa shape index (κ3) is 2.39. The van der Waals surface area contributed by atoms with Crippen molar-refractivity contribution in [1.82, 2.24) is 10.3 Å². The van der Waals surface area contributed by atoms with Gasteiger partial charge in [0.05, 0.1) is 0 Å². The number of hydrogen-bond acceptors (Lipinski definition) is 3. The minimum Gasteiger partial charge on any atom is -0.443 e. The van der Waals surface area contributed by atoms with Crippen LogP contribution in [-0.2, 0) is 6.54 Å². The van der Waals surface area contributed by atoms with E-state index in [1.165, 1.54) is 17.5 Å². The molecule has 0 aliphatic rings. The molecule has 1 aromatic carbocycles. The van der Waals surface area contributed by atoms with Crippen LogP contribution in [-0.4, -0.2) is 11.5 Å². The van der Waals surface area contributed by atoms with Crippen molar-refractivity contribution in [2.24, 2.45) is 0 Å². The van der Waals surface area contributed by atoms with Crippen LogP contribution < -0.4 is 5.32 Å². The largest absolute Gasteiger partial charge is 0.443 e. The van der Waals surface area contributed by atoms with E-state index < -0.39 is 0 Å². The Kier molecular flexibility index (Phi) is 3.59. The average Bonchev–Trinajstić information content (AvgIpc) is 2.78. The summed E-state index contributed by atoms with van der Waals surface area (Å²) in [6.07, 6.45) is 1.52. The molecule has 3 heteroatoms. The molecule has 0 radical (unpaired) electrons. The summed E-state index contributed by atoms with van der Waals surface area (Å²) >= 11 is 0. The zero-order valence-corrected chi connectivity index (χ0v) is 10.6. The number of oxazole rings is 1. The molecule has 0 saturated heterocycles. The molecule has 0 unspecified atom stereocenters. The molecule has 1 N–H and O–H groups in total. The molecule has 90 valence electrons. The van der Waals surface area contributed by atoms with E-state index in [1.807, 2.05) is 0 Å². The van der Waals surface area contributed by atoms with Crippen LogP contribution in [0.25, 0.3) is 11.3 Å². The van der Waals surface area contributed by atoms with Crippen molar-refractivity contribution in [1.29, 1.82) is 0 Å². The van der Waals surface area contributed by atoms with E-state index in [0.717, 1.165) is 30.1 Å². The molecule has 0 atom stereocenters. The van der Waals surface area contributed by atoms with Gasteiger partial charge < -0.3 is 9.73 Å². The minimum atomic E-state index is 0.746. The maximum atomic E-state index is 5.53. The fraction of sp³-hybridized carbons (Fsp3) is 0.357. The Morgan fingerprint density at radius 2 is 2.12 bits per heavy atom. The third-order valence-corrected chi connectivity index (χ3v) is 3.03. The summed E-state index contributed by atoms with van der Waals surface area (Å²) < 4.78 is 5.53. The van der Waals surface area contributed by atoms with Gasteiger partial charge in [0.2, 0.25) is 0 Å². The molecule has 0 aliphatic carbocycles. The summed E-state index contributed by atoms with van der Waals surface area (Å²) in [5.74, 6) is 0.882. The van der Waals surface area contributed by atoms with Gasteiger partial charge in [-0.2, -0.15) is 0 Å². The lowest BCUT2D eigenvalue weighted by Gasteiger charge is -2.07. The first-order valence-corrected chi connectivity index (χ1v) is 5.93. The van der Waals surface area contributed by atoms with E-state index in [4.69, 9.17) is 4.42 Å². The fourth-order valence-corrected chi connectivity index (χ4v) is 1.85. The van der Waals surface area contributed by atoms with Gasteiger partial charge in [0.25, 0.3) is 0 Å². The topological polar surface area (TPSA) is 38.1 Å². The SMILES string of the molecule is CCNCc1ncoc1-c1cccc(C)c1C. The van der Waals surface area contributed by atoms with Gasteiger partial charge in [0, 0.05) is 12.1 Å². The molecule has 0 bridgehead atoms. The van der Waals surface area contributed by atoms with Gasteiger partial charge in [-0.3, -0.25) is 0 Å². The number of rotatable bonds is 4. The highest BCUT2D eigenvalue weighted by atomic mass is 16.3. The zero-order chi connectivity index (χ0) is 12.3. The second-order valence-electron chi connectivity index (χ2n) is 4.16. The molecule has 1 heterocycles. The van der Waals surface area contributed by atoms with Crippen LogP contribution in [0.1, 0.15) is 23.7 Å². The Morgan fingerprint density at radius 3 is 2.88 bits per heavy atom. The van der Waals surface area contributed by atoms with Crippen LogP contribution in [0.2, 0.25) is 0 Å². The van der Waals surface area contributed by atoms with Crippen molar-refractivity contribution in [3.63, 3.8) is 0 Å². The molecular weight excluding hydrogens is 212 g/mol. The van der Waals surface area contributed by atoms with Gasteiger partial charge in [0.1, 0.15) is 5.69 Å². The second kappa shape index (κ2) is 5.15. The van der Waals surface area contributed by atoms with Crippen LogP contribution in [0, 0.1) is 13.8 Å². The van der Waals surface area contributed by atoms with Crippen molar-refractivity contribution in [3.05, 3.63) is 41.4 Å². The summed E-state index contributed by atoms with van der Waals surface area (Å²) in [5, 5.41) is 3.27. The molecule has 2 rings (SSSR count). The molecule has 3 nitrogen and oxygen atoms in total. The van der Waals surface area contributed by atoms with Crippen molar-refractivity contribution in [2.75, 3.05) is 6.54 Å². The monoisotopic (exact) mass is 230 g/mol. The van der Waals surface area contributed by atoms with Gasteiger partial charge in [-0.05, 0) is 31.5 Å². The normalized spacial score (nSPS) is 10.8. The van der Waals surface area contributed by atoms with Crippen LogP contribution in [0.3, 0.4) is 0 Å². The number of nitrogens with one attached hydrogen (secondary N) is 1. The van der Waals surface area contributed by atoms with Crippen molar-refractivity contribution >= 4 is 0 Å². The summed E-state index contributed by atoms with van der Waals surface area (Å²) in [5.41, 5.74) is 4.63. The standard InChI is InChI=1S/C14H18N2O/c1-4-15-8-13-14(17-9-16-13)12-7-5-6-10(2)11(12)3/h5-7,9,15H,4,8H2,1-3H3. The molecule has 0 aliphatic heterocycles. The Bertz CT molecular complexity index is 503. The lowest BCUT2D eigenvalue weighted by atomic mass is 10.0. The van der Waals surface area contributed by atoms with Crippen LogP contribution in [0.4, 0.5) is 0 Å². The predicted molar refractivity (Wildman–Crippen MR) is 68.8 cm³/mol. The van der Waals surface area contributed by atoms with Gasteiger partial charge in [-0.1, -0.05) is 25.1 Å². The third-order valence-electron chi connectivity index (χ3n) is 3.03. The Hall–Kier alpha value is -1.61. The number of nitrogens with zero attached hydrogens (tertiary/aromatic N) is 1. The van der Waals surface area contributed by atoms with Gasteiger partial charge in [-0.25, -0.2) is 4.98 Å². The number of aryl methyl sites for hydroxylation is 1. The van der Waals surface area contributed by atoms with Gasteiger partial charge >= 0.3 is 0 Å². The molecule has 0 amide bonds. The van der Waals surface area contributed by atoms with E-state index >= 15 is 0 Å². The number of benzene rings is 1. The number of aromatic nitrogens is 1. The Balaban J connectivity index is 2.39. The minimum absolute atomic E-state index is 0.746. The molecule has 0 spiro atoms. The lowest BCUT2D eigenvalue weighted by molar-refractivity contribution is 0.569. The van der Waals surface area contributed by atoms with Crippen molar-refractivity contribution < 1.29 is 4.42 Å². The highest BCUT2D eigenvalue weighted by Crippen LogP contribution is 2.27. The first kappa shape index (κ1) is 11.9. The average molecular weight is 230 g/mol. The van der Waals surface area contributed by atoms with E-state index in [1.54, 1.807) is 0 Å². The van der Waals surface area contributed by atoms with E-state index in [0.29, 0.717) is 0 Å². The first-order chi connectivity index (χ1) is 8.24. The van der Waals surface area contributed by atoms with E-state index in [2.05, 4.69) is 49.3 Å². The lowest BCUT2D eigenvalue weighted by Crippen LogP contribution is -2.12. The molecule has 1 aromatic heterocycles. The Morgan fingerprint density at radius 1 is 1.29 bits per heavy atom. The summed E-state index contributed by atoms with van der Waals surface area (Å²) in [4.78, 5) is 4.27. The predicted octanol–water partition coefficient (Wildman–Crippen LogP) is 3.07. The zero-order valence-electron chi connectivity index (χ0n) is 10.6. The maximum Gasteiger partial charge on any atom is 0.181 e. The van der Waals surface area contributed by atoms with Crippen LogP contribution in [0.5, 0.6) is 0 Å². The molecule has 0 fully saturated rings. The maximum absolute atomic E-state index is 5.53. The summed E-state index contributed by atoms with van der Waals surface area (Å²) in [6, 6.07) is 6.24. The number of hydrogen-bond donors (Lipinski definition) is 1. The van der Waals surface area contributed by atoms with E-state index in [-0.39, 0.29) is 0 Å². The fourth-order valence-electron chi connectivity index (χ4n) is 1.85. The highest BCUT2D eigenvalue weighted by Gasteiger charge is 2.13. The quantitative estimate of drug-likeness (QED) is 0.877. The molecule has 0 saturated carbocycles. The van der Waals surface area contributed by atoms with Gasteiger partial charge in [-0.15, -0.1) is 0 Å². The summed E-state index contributed by atoms with van der Waals surface area (Å²) in [6.45, 7) is 7.98. The summed E-state index contributed by atoms with van der Waals surface area (Å²) in [7, 11) is 0. The van der Waals surface area contributed by atoms with E-state index in [9.17, 15) is 0 Å². The van der Waals surface area contributed by atoms with Crippen molar-refractivity contribution in [2.45, 2.75) is 27.3 Å². The Labute approximate surface area is 102 Å². The highest BCUT2D eigenvalue weighted by molar-refractivity contribution is 5.65. The smallest absolute Gasteiger partial charge is 0.181 e. The molecule has 17 heavy (non-hydrogen) atoms. The van der Waals surface area contributed by atoms with Crippen LogP contribution >= 0.6 is 0 Å². The molecular formula is C14H18N2O. The van der Waals surface area contributed by atoms with Crippen molar-refractivity contribution in [3.8, 4) is 11.3 Å². The first-order valence-electron chi connectivity index (χ1n) is 5.93.